The Bertz CT molecular complexity index is 257. The molecule has 0 amide bonds. The van der Waals surface area contributed by atoms with Gasteiger partial charge in [0.15, 0.2) is 0 Å². The summed E-state index contributed by atoms with van der Waals surface area (Å²) in [6.07, 6.45) is 13.7. The zero-order valence-electron chi connectivity index (χ0n) is 14.4. The van der Waals surface area contributed by atoms with Crippen LogP contribution in [0.25, 0.3) is 0 Å². The first-order chi connectivity index (χ1) is 9.08. The molecule has 1 unspecified atom stereocenters. The van der Waals surface area contributed by atoms with Crippen LogP contribution in [-0.4, -0.2) is 19.0 Å². The average Bonchev–Trinajstić information content (AvgIpc) is 2.74. The van der Waals surface area contributed by atoms with Crippen molar-refractivity contribution in [3.8, 4) is 0 Å². The molecule has 1 aliphatic carbocycles. The summed E-state index contributed by atoms with van der Waals surface area (Å²) >= 11 is 0. The molecule has 114 valence electrons. The zero-order valence-corrected chi connectivity index (χ0v) is 16.0. The molecule has 0 saturated heterocycles. The first-order valence-electron chi connectivity index (χ1n) is 7.88. The van der Waals surface area contributed by atoms with E-state index in [1.165, 1.54) is 44.1 Å². The molecule has 0 saturated carbocycles. The van der Waals surface area contributed by atoms with E-state index >= 15 is 0 Å². The second-order valence-electron chi connectivity index (χ2n) is 5.43. The van der Waals surface area contributed by atoms with Crippen molar-refractivity contribution >= 4 is 0 Å². The third-order valence-corrected chi connectivity index (χ3v) is 3.29. The fraction of sp³-hybridized carbons (Fsp3) is 0.722. The zero-order chi connectivity index (χ0) is 14.7. The predicted octanol–water partition coefficient (Wildman–Crippen LogP) is 5.40. The molecule has 0 aromatic rings. The minimum atomic E-state index is 0. The van der Waals surface area contributed by atoms with Gasteiger partial charge in [0.05, 0.1) is 0 Å². The van der Waals surface area contributed by atoms with Gasteiger partial charge in [-0.15, -0.1) is 0 Å². The summed E-state index contributed by atoms with van der Waals surface area (Å²) in [5.41, 5.74) is 3.11. The molecule has 0 bridgehead atoms. The van der Waals surface area contributed by atoms with Gasteiger partial charge in [-0.2, -0.15) is 18.6 Å². The molecule has 0 N–H and O–H groups in total. The van der Waals surface area contributed by atoms with Crippen LogP contribution in [0.2, 0.25) is 0 Å². The number of nitrogens with zero attached hydrogens (tertiary/aromatic N) is 1. The minimum Gasteiger partial charge on any atom is -0.462 e. The van der Waals surface area contributed by atoms with Crippen LogP contribution >= 0.6 is 0 Å². The van der Waals surface area contributed by atoms with Crippen molar-refractivity contribution in [2.24, 2.45) is 5.92 Å². The van der Waals surface area contributed by atoms with Gasteiger partial charge >= 0.3 is 21.7 Å². The third kappa shape index (κ3) is 9.96. The van der Waals surface area contributed by atoms with Gasteiger partial charge in [-0.25, -0.2) is 5.57 Å². The Morgan fingerprint density at radius 1 is 1.10 bits per heavy atom. The van der Waals surface area contributed by atoms with E-state index < -0.39 is 0 Å². The molecular formula is C18H33NTi. The van der Waals surface area contributed by atoms with Gasteiger partial charge < -0.3 is 4.90 Å². The molecule has 1 aliphatic rings. The van der Waals surface area contributed by atoms with Gasteiger partial charge in [0.2, 0.25) is 0 Å². The third-order valence-electron chi connectivity index (χ3n) is 3.29. The molecule has 20 heavy (non-hydrogen) atoms. The van der Waals surface area contributed by atoms with Crippen molar-refractivity contribution in [2.75, 3.05) is 14.1 Å². The average molecular weight is 311 g/mol. The van der Waals surface area contributed by atoms with Crippen LogP contribution in [-0.2, 0) is 21.7 Å². The first kappa shape index (κ1) is 22.4. The van der Waals surface area contributed by atoms with Crippen molar-refractivity contribution in [1.82, 2.24) is 4.90 Å². The molecule has 1 rings (SSSR count). The monoisotopic (exact) mass is 311 g/mol. The summed E-state index contributed by atoms with van der Waals surface area (Å²) in [5, 5.41) is 0. The van der Waals surface area contributed by atoms with E-state index in [0.717, 1.165) is 0 Å². The van der Waals surface area contributed by atoms with E-state index in [2.05, 4.69) is 32.9 Å². The Hall–Kier alpha value is 0.154. The van der Waals surface area contributed by atoms with E-state index in [1.54, 1.807) is 5.57 Å². The van der Waals surface area contributed by atoms with Gasteiger partial charge in [0.25, 0.3) is 0 Å². The maximum absolute atomic E-state index is 3.65. The van der Waals surface area contributed by atoms with Crippen LogP contribution in [0.5, 0.6) is 0 Å². The Labute approximate surface area is 142 Å². The normalized spacial score (nSPS) is 17.1. The molecule has 0 aromatic carbocycles. The standard InChI is InChI=1S/C14H23.C4H10N.Ti/c1-4-7-12-10-13(8-5-2)14(11-12)9-6-3;1-4-5(2)3;/h10,12H,4-9H2,1-3H3;4H,1-3H3;/q2*-1;+2. The molecule has 0 aromatic heterocycles. The predicted molar refractivity (Wildman–Crippen MR) is 86.7 cm³/mol. The van der Waals surface area contributed by atoms with Crippen molar-refractivity contribution < 1.29 is 21.7 Å². The SMILES string of the molecule is CCCC1=[C-]C(CCC)C=C1CCC.C[CH-]N(C)C.[Ti+2]. The Kier molecular flexibility index (Phi) is 15.8. The van der Waals surface area contributed by atoms with E-state index in [-0.39, 0.29) is 21.7 Å². The van der Waals surface area contributed by atoms with E-state index in [4.69, 9.17) is 0 Å². The first-order valence-corrected chi connectivity index (χ1v) is 7.88. The van der Waals surface area contributed by atoms with Gasteiger partial charge in [-0.05, 0) is 14.1 Å². The summed E-state index contributed by atoms with van der Waals surface area (Å²) in [4.78, 5) is 2.00. The molecule has 1 nitrogen and oxygen atoms in total. The van der Waals surface area contributed by atoms with Crippen LogP contribution in [0, 0.1) is 18.5 Å². The number of hydrogen-bond acceptors (Lipinski definition) is 1. The summed E-state index contributed by atoms with van der Waals surface area (Å²) in [6.45, 7) is 10.8. The van der Waals surface area contributed by atoms with Gasteiger partial charge in [-0.1, -0.05) is 65.2 Å². The second-order valence-corrected chi connectivity index (χ2v) is 5.43. The van der Waals surface area contributed by atoms with Crippen molar-refractivity contribution in [1.29, 1.82) is 0 Å². The Morgan fingerprint density at radius 3 is 2.05 bits per heavy atom. The maximum atomic E-state index is 3.65. The quantitative estimate of drug-likeness (QED) is 0.449. The van der Waals surface area contributed by atoms with Crippen molar-refractivity contribution in [3.63, 3.8) is 0 Å². The Balaban J connectivity index is 0. The topological polar surface area (TPSA) is 3.24 Å². The van der Waals surface area contributed by atoms with E-state index in [0.29, 0.717) is 5.92 Å². The fourth-order valence-electron chi connectivity index (χ4n) is 2.15. The number of allylic oxidation sites excluding steroid dienone is 4. The van der Waals surface area contributed by atoms with Crippen LogP contribution in [0.15, 0.2) is 17.2 Å². The molecule has 0 aliphatic heterocycles. The summed E-state index contributed by atoms with van der Waals surface area (Å²) in [6, 6.07) is 0. The van der Waals surface area contributed by atoms with Crippen LogP contribution < -0.4 is 0 Å². The van der Waals surface area contributed by atoms with Crippen LogP contribution in [0.3, 0.4) is 0 Å². The molecule has 0 spiro atoms. The Morgan fingerprint density at radius 2 is 1.65 bits per heavy atom. The second kappa shape index (κ2) is 14.1. The maximum Gasteiger partial charge on any atom is 2.00 e. The molecule has 0 heterocycles. The van der Waals surface area contributed by atoms with Gasteiger partial charge in [0.1, 0.15) is 0 Å². The fourth-order valence-corrected chi connectivity index (χ4v) is 2.15. The van der Waals surface area contributed by atoms with Crippen LogP contribution in [0.4, 0.5) is 0 Å². The molecule has 0 radical (unpaired) electrons. The largest absolute Gasteiger partial charge is 2.00 e. The summed E-state index contributed by atoms with van der Waals surface area (Å²) in [7, 11) is 4.00. The van der Waals surface area contributed by atoms with Crippen LogP contribution in [0.1, 0.15) is 66.2 Å². The molecule has 1 atom stereocenters. The minimum absolute atomic E-state index is 0. The summed E-state index contributed by atoms with van der Waals surface area (Å²) < 4.78 is 0. The van der Waals surface area contributed by atoms with Gasteiger partial charge in [-0.3, -0.25) is 12.6 Å². The smallest absolute Gasteiger partial charge is 0.462 e. The van der Waals surface area contributed by atoms with Crippen molar-refractivity contribution in [2.45, 2.75) is 66.2 Å². The molecule has 0 fully saturated rings. The summed E-state index contributed by atoms with van der Waals surface area (Å²) in [5.74, 6) is 0.628. The number of rotatable bonds is 7. The van der Waals surface area contributed by atoms with E-state index in [9.17, 15) is 0 Å². The van der Waals surface area contributed by atoms with E-state index in [1.807, 2.05) is 32.5 Å². The molecular weight excluding hydrogens is 278 g/mol. The van der Waals surface area contributed by atoms with Gasteiger partial charge in [0, 0.05) is 0 Å². The number of hydrogen-bond donors (Lipinski definition) is 0. The molecule has 2 heteroatoms. The van der Waals surface area contributed by atoms with Crippen molar-refractivity contribution in [3.05, 3.63) is 29.8 Å².